The number of ether oxygens (including phenoxy) is 7. The highest BCUT2D eigenvalue weighted by Gasteiger charge is 2.48. The topological polar surface area (TPSA) is 64.6 Å². The summed E-state index contributed by atoms with van der Waals surface area (Å²) in [6.07, 6.45) is -4.30. The van der Waals surface area contributed by atoms with Crippen molar-refractivity contribution in [1.82, 2.24) is 0 Å². The Labute approximate surface area is 223 Å². The lowest BCUT2D eigenvalue weighted by Crippen LogP contribution is -2.61. The van der Waals surface area contributed by atoms with Gasteiger partial charge in [-0.3, -0.25) is 0 Å². The van der Waals surface area contributed by atoms with Crippen molar-refractivity contribution in [3.8, 4) is 5.75 Å². The molecule has 0 spiro atoms. The SMILES string of the molecule is [2H]C([2H])([2H])O[C@H]1[C@H](OCc2ccccc2)[C@@H](OCc2ccccc2)[C@H](OC)O[C@@H]1COCc1ccc(OC)cc1. The maximum atomic E-state index is 7.87. The minimum Gasteiger partial charge on any atom is -0.497 e. The maximum Gasteiger partial charge on any atom is 0.186 e. The smallest absolute Gasteiger partial charge is 0.186 e. The number of hydrogen-bond acceptors (Lipinski definition) is 7. The Bertz CT molecular complexity index is 1130. The lowest BCUT2D eigenvalue weighted by atomic mass is 9.98. The predicted molar refractivity (Wildman–Crippen MR) is 139 cm³/mol. The monoisotopic (exact) mass is 511 g/mol. The highest BCUT2D eigenvalue weighted by atomic mass is 16.7. The Balaban J connectivity index is 1.55. The zero-order valence-electron chi connectivity index (χ0n) is 24.2. The zero-order valence-corrected chi connectivity index (χ0v) is 21.2. The molecular formula is C30H36O7. The molecule has 0 unspecified atom stereocenters. The summed E-state index contributed by atoms with van der Waals surface area (Å²) in [6.45, 7) is 0.793. The van der Waals surface area contributed by atoms with E-state index in [1.807, 2.05) is 84.9 Å². The van der Waals surface area contributed by atoms with Crippen LogP contribution in [0.5, 0.6) is 5.75 Å². The molecule has 7 nitrogen and oxygen atoms in total. The molecule has 198 valence electrons. The van der Waals surface area contributed by atoms with Crippen molar-refractivity contribution >= 4 is 0 Å². The Kier molecular flexibility index (Phi) is 8.98. The van der Waals surface area contributed by atoms with Gasteiger partial charge in [-0.25, -0.2) is 0 Å². The molecule has 0 amide bonds. The number of hydrogen-bond donors (Lipinski definition) is 0. The summed E-state index contributed by atoms with van der Waals surface area (Å²) in [6, 6.07) is 26.7. The fourth-order valence-electron chi connectivity index (χ4n) is 4.26. The van der Waals surface area contributed by atoms with Crippen LogP contribution in [0.25, 0.3) is 0 Å². The lowest BCUT2D eigenvalue weighted by molar-refractivity contribution is -0.319. The highest BCUT2D eigenvalue weighted by Crippen LogP contribution is 2.30. The molecule has 0 aliphatic carbocycles. The van der Waals surface area contributed by atoms with Crippen LogP contribution < -0.4 is 4.74 Å². The molecule has 7 heteroatoms. The molecule has 0 bridgehead atoms. The minimum atomic E-state index is -2.71. The third kappa shape index (κ3) is 7.61. The molecule has 3 aromatic rings. The summed E-state index contributed by atoms with van der Waals surface area (Å²) < 4.78 is 64.9. The summed E-state index contributed by atoms with van der Waals surface area (Å²) >= 11 is 0. The van der Waals surface area contributed by atoms with Crippen LogP contribution in [0.3, 0.4) is 0 Å². The number of benzene rings is 3. The second-order valence-electron chi connectivity index (χ2n) is 8.75. The number of methoxy groups -OCH3 is 3. The van der Waals surface area contributed by atoms with Crippen LogP contribution >= 0.6 is 0 Å². The van der Waals surface area contributed by atoms with E-state index in [4.69, 9.17) is 37.3 Å². The number of rotatable bonds is 13. The molecule has 0 saturated carbocycles. The van der Waals surface area contributed by atoms with Gasteiger partial charge in [0.05, 0.1) is 37.6 Å². The van der Waals surface area contributed by atoms with E-state index in [1.54, 1.807) is 7.11 Å². The molecule has 37 heavy (non-hydrogen) atoms. The summed E-state index contributed by atoms with van der Waals surface area (Å²) in [5.41, 5.74) is 2.79. The first-order valence-corrected chi connectivity index (χ1v) is 12.2. The molecule has 0 N–H and O–H groups in total. The fraction of sp³-hybridized carbons (Fsp3) is 0.400. The van der Waals surface area contributed by atoms with Crippen LogP contribution in [0.4, 0.5) is 0 Å². The second kappa shape index (κ2) is 14.2. The molecular weight excluding hydrogens is 472 g/mol. The van der Waals surface area contributed by atoms with E-state index in [1.165, 1.54) is 7.11 Å². The van der Waals surface area contributed by atoms with Crippen molar-refractivity contribution in [1.29, 1.82) is 0 Å². The van der Waals surface area contributed by atoms with Crippen molar-refractivity contribution in [2.75, 3.05) is 27.9 Å². The van der Waals surface area contributed by atoms with E-state index in [2.05, 4.69) is 0 Å². The van der Waals surface area contributed by atoms with Gasteiger partial charge in [0.2, 0.25) is 0 Å². The van der Waals surface area contributed by atoms with Crippen LogP contribution in [-0.2, 0) is 48.2 Å². The van der Waals surface area contributed by atoms with E-state index >= 15 is 0 Å². The Morgan fingerprint density at radius 1 is 0.676 bits per heavy atom. The molecule has 0 radical (unpaired) electrons. The van der Waals surface area contributed by atoms with E-state index in [-0.39, 0.29) is 26.4 Å². The van der Waals surface area contributed by atoms with Gasteiger partial charge in [0, 0.05) is 14.1 Å². The van der Waals surface area contributed by atoms with Gasteiger partial charge in [-0.1, -0.05) is 72.8 Å². The van der Waals surface area contributed by atoms with Crippen molar-refractivity contribution in [2.24, 2.45) is 0 Å². The van der Waals surface area contributed by atoms with Crippen LogP contribution in [0.15, 0.2) is 84.9 Å². The van der Waals surface area contributed by atoms with Crippen molar-refractivity contribution in [3.63, 3.8) is 0 Å². The maximum absolute atomic E-state index is 7.87. The average Bonchev–Trinajstić information content (AvgIpc) is 2.97. The van der Waals surface area contributed by atoms with Gasteiger partial charge in [0.15, 0.2) is 6.29 Å². The van der Waals surface area contributed by atoms with Crippen LogP contribution in [-0.4, -0.2) is 58.6 Å². The van der Waals surface area contributed by atoms with Gasteiger partial charge in [-0.05, 0) is 28.8 Å². The van der Waals surface area contributed by atoms with E-state index in [0.717, 1.165) is 22.4 Å². The van der Waals surface area contributed by atoms with E-state index in [9.17, 15) is 0 Å². The first-order chi connectivity index (χ1) is 19.4. The van der Waals surface area contributed by atoms with Crippen molar-refractivity contribution in [2.45, 2.75) is 50.5 Å². The second-order valence-corrected chi connectivity index (χ2v) is 8.75. The molecule has 1 aliphatic rings. The molecule has 4 rings (SSSR count). The molecule has 1 aliphatic heterocycles. The molecule has 1 saturated heterocycles. The Morgan fingerprint density at radius 2 is 1.27 bits per heavy atom. The van der Waals surface area contributed by atoms with Gasteiger partial charge < -0.3 is 33.2 Å². The summed E-state index contributed by atoms with van der Waals surface area (Å²) in [5.74, 6) is 0.744. The predicted octanol–water partition coefficient (Wildman–Crippen LogP) is 4.77. The third-order valence-corrected chi connectivity index (χ3v) is 6.24. The third-order valence-electron chi connectivity index (χ3n) is 6.24. The van der Waals surface area contributed by atoms with Gasteiger partial charge in [0.25, 0.3) is 0 Å². The van der Waals surface area contributed by atoms with Crippen LogP contribution in [0, 0.1) is 0 Å². The fourth-order valence-corrected chi connectivity index (χ4v) is 4.26. The van der Waals surface area contributed by atoms with Gasteiger partial charge in [-0.15, -0.1) is 0 Å². The quantitative estimate of drug-likeness (QED) is 0.328. The van der Waals surface area contributed by atoms with Crippen LogP contribution in [0.2, 0.25) is 0 Å². The van der Waals surface area contributed by atoms with E-state index in [0.29, 0.717) is 0 Å². The van der Waals surface area contributed by atoms with Gasteiger partial charge in [0.1, 0.15) is 30.2 Å². The van der Waals surface area contributed by atoms with Gasteiger partial charge >= 0.3 is 0 Å². The zero-order chi connectivity index (χ0) is 28.4. The van der Waals surface area contributed by atoms with Crippen molar-refractivity contribution < 1.29 is 37.3 Å². The minimum absolute atomic E-state index is 0.0449. The average molecular weight is 512 g/mol. The molecule has 1 fully saturated rings. The molecule has 1 heterocycles. The van der Waals surface area contributed by atoms with Crippen molar-refractivity contribution in [3.05, 3.63) is 102 Å². The summed E-state index contributed by atoms with van der Waals surface area (Å²) in [5, 5.41) is 0. The summed E-state index contributed by atoms with van der Waals surface area (Å²) in [7, 11) is 0.412. The van der Waals surface area contributed by atoms with E-state index < -0.39 is 37.7 Å². The Hall–Kier alpha value is -2.78. The highest BCUT2D eigenvalue weighted by molar-refractivity contribution is 5.26. The van der Waals surface area contributed by atoms with Crippen LogP contribution in [0.1, 0.15) is 20.8 Å². The normalized spacial score (nSPS) is 25.1. The lowest BCUT2D eigenvalue weighted by Gasteiger charge is -2.45. The molecule has 5 atom stereocenters. The first kappa shape index (κ1) is 23.3. The largest absolute Gasteiger partial charge is 0.497 e. The first-order valence-electron chi connectivity index (χ1n) is 13.7. The Morgan fingerprint density at radius 3 is 1.84 bits per heavy atom. The summed E-state index contributed by atoms with van der Waals surface area (Å²) in [4.78, 5) is 0. The molecule has 0 aromatic heterocycles. The molecule has 3 aromatic carbocycles. The standard InChI is InChI=1S/C30H36O7/c1-31-25-16-14-24(15-17-25)18-34-21-26-27(32-2)28(35-19-22-10-6-4-7-11-22)29(30(33-3)37-26)36-20-23-12-8-5-9-13-23/h4-17,26-30H,18-21H2,1-3H3/t26-,27-,28+,29-,30-/m1/s1/i2D3. The van der Waals surface area contributed by atoms with Gasteiger partial charge in [-0.2, -0.15) is 0 Å².